The number of methoxy groups -OCH3 is 1. The van der Waals surface area contributed by atoms with Gasteiger partial charge in [0, 0.05) is 26.1 Å². The summed E-state index contributed by atoms with van der Waals surface area (Å²) >= 11 is 0. The van der Waals surface area contributed by atoms with E-state index in [4.69, 9.17) is 4.74 Å². The number of carbonyl (C=O) groups is 1. The molecule has 1 aromatic carbocycles. The van der Waals surface area contributed by atoms with E-state index in [0.29, 0.717) is 37.4 Å². The molecule has 0 aliphatic heterocycles. The Morgan fingerprint density at radius 3 is 2.40 bits per heavy atom. The van der Waals surface area contributed by atoms with Gasteiger partial charge in [-0.1, -0.05) is 33.8 Å². The van der Waals surface area contributed by atoms with E-state index in [1.54, 1.807) is 6.07 Å². The lowest BCUT2D eigenvalue weighted by atomic mass is 10.00. The first-order valence-electron chi connectivity index (χ1n) is 12.5. The smallest absolute Gasteiger partial charge is 0.221 e. The van der Waals surface area contributed by atoms with E-state index in [-0.39, 0.29) is 30.9 Å². The van der Waals surface area contributed by atoms with Crippen molar-refractivity contribution in [2.24, 2.45) is 5.92 Å². The Bertz CT molecular complexity index is 861. The number of carbonyl (C=O) groups excluding carboxylic acids is 1. The zero-order valence-corrected chi connectivity index (χ0v) is 22.7. The van der Waals surface area contributed by atoms with Gasteiger partial charge in [0.15, 0.2) is 11.6 Å². The van der Waals surface area contributed by atoms with Crippen LogP contribution in [0.4, 0.5) is 4.39 Å². The van der Waals surface area contributed by atoms with Crippen LogP contribution in [0.1, 0.15) is 58.9 Å². The Kier molecular flexibility index (Phi) is 14.4. The van der Waals surface area contributed by atoms with Gasteiger partial charge in [0.2, 0.25) is 15.9 Å². The summed E-state index contributed by atoms with van der Waals surface area (Å²) < 4.78 is 45.9. The van der Waals surface area contributed by atoms with E-state index in [9.17, 15) is 22.7 Å². The average molecular weight is 518 g/mol. The molecule has 8 nitrogen and oxygen atoms in total. The van der Waals surface area contributed by atoms with Gasteiger partial charge in [-0.3, -0.25) is 4.79 Å². The fraction of sp³-hybridized carbons (Fsp3) is 0.720. The number of benzene rings is 1. The fourth-order valence-electron chi connectivity index (χ4n) is 3.68. The number of hydrogen-bond donors (Lipinski definition) is 3. The van der Waals surface area contributed by atoms with Gasteiger partial charge in [-0.05, 0) is 55.8 Å². The van der Waals surface area contributed by atoms with Crippen molar-refractivity contribution in [3.63, 3.8) is 0 Å². The van der Waals surface area contributed by atoms with Crippen molar-refractivity contribution in [2.75, 3.05) is 39.0 Å². The van der Waals surface area contributed by atoms with Crippen LogP contribution >= 0.6 is 0 Å². The highest BCUT2D eigenvalue weighted by molar-refractivity contribution is 7.89. The Labute approximate surface area is 210 Å². The standard InChI is InChI=1S/C25H44FN3O5S/c1-6-13-29(14-7-2)35(32,33)15-11-25(31)28-22(23(30)18-27-12-10-19(3)4)17-20-8-9-24(34-5)21(26)16-20/h8-9,16,19,22-23,27,30H,6-7,10-15,17-18H2,1-5H3,(H,28,31)/t22-,23-/m0/s1. The highest BCUT2D eigenvalue weighted by Gasteiger charge is 2.25. The first kappa shape index (κ1) is 31.3. The third-order valence-corrected chi connectivity index (χ3v) is 7.53. The summed E-state index contributed by atoms with van der Waals surface area (Å²) in [6.07, 6.45) is 1.36. The molecule has 0 bridgehead atoms. The zero-order chi connectivity index (χ0) is 26.4. The first-order chi connectivity index (χ1) is 16.5. The Morgan fingerprint density at radius 2 is 1.86 bits per heavy atom. The van der Waals surface area contributed by atoms with Crippen LogP contribution in [-0.2, 0) is 21.2 Å². The number of halogens is 1. The van der Waals surface area contributed by atoms with Crippen molar-refractivity contribution in [1.29, 1.82) is 0 Å². The van der Waals surface area contributed by atoms with Crippen LogP contribution in [0.5, 0.6) is 5.75 Å². The molecule has 0 radical (unpaired) electrons. The van der Waals surface area contributed by atoms with Crippen molar-refractivity contribution in [3.8, 4) is 5.75 Å². The number of nitrogens with one attached hydrogen (secondary N) is 2. The largest absolute Gasteiger partial charge is 0.494 e. The Balaban J connectivity index is 2.87. The molecule has 202 valence electrons. The number of sulfonamides is 1. The normalized spacial score (nSPS) is 13.7. The van der Waals surface area contributed by atoms with Crippen molar-refractivity contribution in [3.05, 3.63) is 29.6 Å². The van der Waals surface area contributed by atoms with Crippen LogP contribution in [0.3, 0.4) is 0 Å². The Hall–Kier alpha value is -1.75. The summed E-state index contributed by atoms with van der Waals surface area (Å²) in [5.74, 6) is -0.677. The second-order valence-corrected chi connectivity index (χ2v) is 11.4. The van der Waals surface area contributed by atoms with Crippen LogP contribution in [0.25, 0.3) is 0 Å². The molecule has 0 fully saturated rings. The van der Waals surface area contributed by atoms with Gasteiger partial charge < -0.3 is 20.5 Å². The summed E-state index contributed by atoms with van der Waals surface area (Å²) in [4.78, 5) is 12.7. The van der Waals surface area contributed by atoms with Crippen molar-refractivity contribution in [2.45, 2.75) is 71.9 Å². The molecule has 1 amide bonds. The van der Waals surface area contributed by atoms with E-state index >= 15 is 0 Å². The molecule has 0 aliphatic carbocycles. The number of nitrogens with zero attached hydrogens (tertiary/aromatic N) is 1. The molecule has 0 aromatic heterocycles. The molecule has 2 atom stereocenters. The molecule has 0 spiro atoms. The minimum Gasteiger partial charge on any atom is -0.494 e. The van der Waals surface area contributed by atoms with Crippen molar-refractivity contribution in [1.82, 2.24) is 14.9 Å². The number of hydrogen-bond acceptors (Lipinski definition) is 6. The number of aliphatic hydroxyl groups excluding tert-OH is 1. The third-order valence-electron chi connectivity index (χ3n) is 5.66. The molecular weight excluding hydrogens is 473 g/mol. The summed E-state index contributed by atoms with van der Waals surface area (Å²) in [6.45, 7) is 9.84. The SMILES string of the molecule is CCCN(CCC)S(=O)(=O)CCC(=O)N[C@@H](Cc1ccc(OC)c(F)c1)[C@@H](O)CNCCC(C)C. The lowest BCUT2D eigenvalue weighted by molar-refractivity contribution is -0.122. The molecule has 3 N–H and O–H groups in total. The van der Waals surface area contributed by atoms with Crippen molar-refractivity contribution >= 4 is 15.9 Å². The van der Waals surface area contributed by atoms with Crippen LogP contribution < -0.4 is 15.4 Å². The summed E-state index contributed by atoms with van der Waals surface area (Å²) in [7, 11) is -2.18. The van der Waals surface area contributed by atoms with Gasteiger partial charge in [-0.15, -0.1) is 0 Å². The number of ether oxygens (including phenoxy) is 1. The first-order valence-corrected chi connectivity index (χ1v) is 14.1. The van der Waals surface area contributed by atoms with E-state index in [2.05, 4.69) is 24.5 Å². The maximum absolute atomic E-state index is 14.2. The van der Waals surface area contributed by atoms with Crippen molar-refractivity contribution < 1.29 is 27.4 Å². The Morgan fingerprint density at radius 1 is 1.20 bits per heavy atom. The van der Waals surface area contributed by atoms with E-state index < -0.39 is 33.9 Å². The molecule has 0 heterocycles. The lowest BCUT2D eigenvalue weighted by Crippen LogP contribution is -2.49. The monoisotopic (exact) mass is 517 g/mol. The fourth-order valence-corrected chi connectivity index (χ4v) is 5.30. The van der Waals surface area contributed by atoms with Gasteiger partial charge in [-0.25, -0.2) is 17.1 Å². The van der Waals surface area contributed by atoms with Crippen LogP contribution in [0.15, 0.2) is 18.2 Å². The molecule has 10 heteroatoms. The third kappa shape index (κ3) is 11.7. The van der Waals surface area contributed by atoms with Crippen LogP contribution in [0.2, 0.25) is 0 Å². The number of rotatable bonds is 18. The van der Waals surface area contributed by atoms with Gasteiger partial charge in [0.25, 0.3) is 0 Å². The van der Waals surface area contributed by atoms with E-state index in [1.807, 2.05) is 13.8 Å². The molecule has 0 unspecified atom stereocenters. The maximum atomic E-state index is 14.2. The second kappa shape index (κ2) is 16.1. The minimum atomic E-state index is -3.56. The van der Waals surface area contributed by atoms with Gasteiger partial charge in [0.05, 0.1) is 25.0 Å². The molecule has 0 saturated heterocycles. The molecular formula is C25H44FN3O5S. The molecule has 35 heavy (non-hydrogen) atoms. The van der Waals surface area contributed by atoms with Crippen LogP contribution in [-0.4, -0.2) is 74.9 Å². The molecule has 1 rings (SSSR count). The maximum Gasteiger partial charge on any atom is 0.221 e. The highest BCUT2D eigenvalue weighted by atomic mass is 32.2. The van der Waals surface area contributed by atoms with Gasteiger partial charge in [-0.2, -0.15) is 0 Å². The summed E-state index contributed by atoms with van der Waals surface area (Å²) in [5.41, 5.74) is 0.583. The molecule has 0 aliphatic rings. The topological polar surface area (TPSA) is 108 Å². The van der Waals surface area contributed by atoms with Gasteiger partial charge in [0.1, 0.15) is 0 Å². The highest BCUT2D eigenvalue weighted by Crippen LogP contribution is 2.19. The number of aliphatic hydroxyl groups is 1. The quantitative estimate of drug-likeness (QED) is 0.259. The summed E-state index contributed by atoms with van der Waals surface area (Å²) in [5, 5.41) is 16.7. The average Bonchev–Trinajstić information content (AvgIpc) is 2.80. The zero-order valence-electron chi connectivity index (χ0n) is 21.8. The van der Waals surface area contributed by atoms with Gasteiger partial charge >= 0.3 is 0 Å². The predicted molar refractivity (Wildman–Crippen MR) is 137 cm³/mol. The predicted octanol–water partition coefficient (Wildman–Crippen LogP) is 2.70. The molecule has 0 saturated carbocycles. The number of amides is 1. The minimum absolute atomic E-state index is 0.110. The van der Waals surface area contributed by atoms with Crippen LogP contribution in [0, 0.1) is 11.7 Å². The second-order valence-electron chi connectivity index (χ2n) is 9.27. The van der Waals surface area contributed by atoms with E-state index in [1.165, 1.54) is 23.5 Å². The lowest BCUT2D eigenvalue weighted by Gasteiger charge is -2.26. The summed E-state index contributed by atoms with van der Waals surface area (Å²) in [6, 6.07) is 3.78. The van der Waals surface area contributed by atoms with E-state index in [0.717, 1.165) is 13.0 Å². The molecule has 1 aromatic rings.